The maximum absolute atomic E-state index is 5.24. The number of unbranched alkanes of at least 4 members (excludes halogenated alkanes) is 1. The summed E-state index contributed by atoms with van der Waals surface area (Å²) in [5, 5.41) is 0. The zero-order valence-corrected chi connectivity index (χ0v) is 7.42. The van der Waals surface area contributed by atoms with E-state index in [-0.39, 0.29) is 0 Å². The third-order valence-electron chi connectivity index (χ3n) is 1.27. The highest BCUT2D eigenvalue weighted by Gasteiger charge is 1.88. The first-order valence-electron chi connectivity index (χ1n) is 4.21. The molecule has 0 aliphatic heterocycles. The Morgan fingerprint density at radius 3 is 2.33 bits per heavy atom. The zero-order chi connectivity index (χ0) is 9.07. The lowest BCUT2D eigenvalue weighted by molar-refractivity contribution is 0.118. The molecule has 2 N–H and O–H groups in total. The molecule has 70 valence electrons. The number of rotatable bonds is 8. The van der Waals surface area contributed by atoms with Crippen LogP contribution in [0.2, 0.25) is 0 Å². The van der Waals surface area contributed by atoms with Crippen LogP contribution in [0.3, 0.4) is 0 Å². The molecule has 0 amide bonds. The Hall–Kier alpha value is -0.560. The standard InChI is InChI=1S/C9H17NO2/c1-2-6-11-7-3-4-8-12-9-5-10/h1H,3-10H2. The Labute approximate surface area is 74.2 Å². The van der Waals surface area contributed by atoms with E-state index in [1.54, 1.807) is 0 Å². The molecule has 0 saturated carbocycles. The SMILES string of the molecule is C#CCOCCCCOCCN. The maximum atomic E-state index is 5.24. The molecule has 0 atom stereocenters. The molecule has 0 bridgehead atoms. The molecule has 3 nitrogen and oxygen atoms in total. The van der Waals surface area contributed by atoms with Gasteiger partial charge in [0.05, 0.1) is 6.61 Å². The summed E-state index contributed by atoms with van der Waals surface area (Å²) in [5.74, 6) is 2.41. The van der Waals surface area contributed by atoms with Gasteiger partial charge in [0.15, 0.2) is 0 Å². The summed E-state index contributed by atoms with van der Waals surface area (Å²) in [4.78, 5) is 0. The van der Waals surface area contributed by atoms with Crippen LogP contribution in [0.25, 0.3) is 0 Å². The molecule has 0 aromatic rings. The maximum Gasteiger partial charge on any atom is 0.107 e. The van der Waals surface area contributed by atoms with Crippen molar-refractivity contribution in [3.63, 3.8) is 0 Å². The Bertz CT molecular complexity index is 120. The highest BCUT2D eigenvalue weighted by Crippen LogP contribution is 1.90. The normalized spacial score (nSPS) is 9.67. The van der Waals surface area contributed by atoms with Gasteiger partial charge < -0.3 is 15.2 Å². The Kier molecular flexibility index (Phi) is 9.95. The van der Waals surface area contributed by atoms with Crippen molar-refractivity contribution >= 4 is 0 Å². The average Bonchev–Trinajstić information content (AvgIpc) is 2.10. The number of nitrogens with two attached hydrogens (primary N) is 1. The van der Waals surface area contributed by atoms with Crippen LogP contribution in [0.1, 0.15) is 12.8 Å². The van der Waals surface area contributed by atoms with E-state index in [2.05, 4.69) is 5.92 Å². The minimum absolute atomic E-state index is 0.406. The molecule has 0 spiro atoms. The second-order valence-corrected chi connectivity index (χ2v) is 2.36. The van der Waals surface area contributed by atoms with Gasteiger partial charge in [-0.3, -0.25) is 0 Å². The zero-order valence-electron chi connectivity index (χ0n) is 7.42. The van der Waals surface area contributed by atoms with Gasteiger partial charge in [-0.15, -0.1) is 6.42 Å². The number of hydrogen-bond donors (Lipinski definition) is 1. The van der Waals surface area contributed by atoms with E-state index in [4.69, 9.17) is 21.6 Å². The fourth-order valence-corrected chi connectivity index (χ4v) is 0.725. The van der Waals surface area contributed by atoms with Crippen molar-refractivity contribution < 1.29 is 9.47 Å². The van der Waals surface area contributed by atoms with Crippen molar-refractivity contribution in [1.82, 2.24) is 0 Å². The van der Waals surface area contributed by atoms with Crippen LogP contribution in [-0.4, -0.2) is 33.0 Å². The fraction of sp³-hybridized carbons (Fsp3) is 0.778. The van der Waals surface area contributed by atoms with Crippen LogP contribution in [-0.2, 0) is 9.47 Å². The molecule has 12 heavy (non-hydrogen) atoms. The van der Waals surface area contributed by atoms with E-state index in [0.717, 1.165) is 26.1 Å². The van der Waals surface area contributed by atoms with E-state index >= 15 is 0 Å². The molecule has 0 heterocycles. The molecule has 0 aliphatic carbocycles. The largest absolute Gasteiger partial charge is 0.380 e. The van der Waals surface area contributed by atoms with Crippen LogP contribution < -0.4 is 5.73 Å². The van der Waals surface area contributed by atoms with Crippen molar-refractivity contribution in [2.75, 3.05) is 33.0 Å². The lowest BCUT2D eigenvalue weighted by atomic mass is 10.3. The van der Waals surface area contributed by atoms with Crippen molar-refractivity contribution in [1.29, 1.82) is 0 Å². The first-order chi connectivity index (χ1) is 5.91. The smallest absolute Gasteiger partial charge is 0.107 e. The Morgan fingerprint density at radius 2 is 1.75 bits per heavy atom. The first-order valence-corrected chi connectivity index (χ1v) is 4.21. The van der Waals surface area contributed by atoms with E-state index in [1.165, 1.54) is 0 Å². The molecule has 0 aliphatic rings. The molecule has 0 saturated heterocycles. The minimum atomic E-state index is 0.406. The predicted molar refractivity (Wildman–Crippen MR) is 48.8 cm³/mol. The van der Waals surface area contributed by atoms with E-state index < -0.39 is 0 Å². The summed E-state index contributed by atoms with van der Waals surface area (Å²) in [7, 11) is 0. The number of hydrogen-bond acceptors (Lipinski definition) is 3. The summed E-state index contributed by atoms with van der Waals surface area (Å²) < 4.78 is 10.2. The van der Waals surface area contributed by atoms with E-state index in [9.17, 15) is 0 Å². The number of terminal acetylenes is 1. The van der Waals surface area contributed by atoms with Gasteiger partial charge in [-0.25, -0.2) is 0 Å². The van der Waals surface area contributed by atoms with Crippen LogP contribution in [0, 0.1) is 12.3 Å². The highest BCUT2D eigenvalue weighted by atomic mass is 16.5. The van der Waals surface area contributed by atoms with Gasteiger partial charge in [-0.2, -0.15) is 0 Å². The summed E-state index contributed by atoms with van der Waals surface area (Å²) >= 11 is 0. The third-order valence-corrected chi connectivity index (χ3v) is 1.27. The average molecular weight is 171 g/mol. The van der Waals surface area contributed by atoms with Gasteiger partial charge in [0.2, 0.25) is 0 Å². The second kappa shape index (κ2) is 10.4. The van der Waals surface area contributed by atoms with Gasteiger partial charge in [-0.1, -0.05) is 5.92 Å². The third kappa shape index (κ3) is 9.44. The monoisotopic (exact) mass is 171 g/mol. The van der Waals surface area contributed by atoms with Crippen LogP contribution in [0.15, 0.2) is 0 Å². The summed E-state index contributed by atoms with van der Waals surface area (Å²) in [6, 6.07) is 0. The van der Waals surface area contributed by atoms with Gasteiger partial charge in [0.1, 0.15) is 6.61 Å². The summed E-state index contributed by atoms with van der Waals surface area (Å²) in [5.41, 5.74) is 5.24. The van der Waals surface area contributed by atoms with E-state index in [1.807, 2.05) is 0 Å². The molecule has 0 aromatic heterocycles. The topological polar surface area (TPSA) is 44.5 Å². The molecule has 0 aromatic carbocycles. The van der Waals surface area contributed by atoms with Crippen LogP contribution in [0.4, 0.5) is 0 Å². The van der Waals surface area contributed by atoms with Crippen LogP contribution in [0.5, 0.6) is 0 Å². The number of ether oxygens (including phenoxy) is 2. The molecular weight excluding hydrogens is 154 g/mol. The molecular formula is C9H17NO2. The van der Waals surface area contributed by atoms with Crippen molar-refractivity contribution in [2.45, 2.75) is 12.8 Å². The summed E-state index contributed by atoms with van der Waals surface area (Å²) in [6.07, 6.45) is 6.99. The van der Waals surface area contributed by atoms with Gasteiger partial charge in [0.25, 0.3) is 0 Å². The highest BCUT2D eigenvalue weighted by molar-refractivity contribution is 4.82. The van der Waals surface area contributed by atoms with Crippen molar-refractivity contribution in [3.05, 3.63) is 0 Å². The lowest BCUT2D eigenvalue weighted by Gasteiger charge is -2.01. The van der Waals surface area contributed by atoms with Crippen molar-refractivity contribution in [3.8, 4) is 12.3 Å². The predicted octanol–water partition coefficient (Wildman–Crippen LogP) is 0.392. The van der Waals surface area contributed by atoms with Crippen molar-refractivity contribution in [2.24, 2.45) is 5.73 Å². The quantitative estimate of drug-likeness (QED) is 0.424. The fourth-order valence-electron chi connectivity index (χ4n) is 0.725. The molecule has 3 heteroatoms. The Morgan fingerprint density at radius 1 is 1.08 bits per heavy atom. The first kappa shape index (κ1) is 11.4. The van der Waals surface area contributed by atoms with Gasteiger partial charge in [0, 0.05) is 19.8 Å². The minimum Gasteiger partial charge on any atom is -0.380 e. The molecule has 0 rings (SSSR count). The van der Waals surface area contributed by atoms with Crippen LogP contribution >= 0.6 is 0 Å². The lowest BCUT2D eigenvalue weighted by Crippen LogP contribution is -2.09. The Balaban J connectivity index is 2.78. The molecule has 0 fully saturated rings. The molecule has 0 unspecified atom stereocenters. The second-order valence-electron chi connectivity index (χ2n) is 2.36. The molecule has 0 radical (unpaired) electrons. The summed E-state index contributed by atoms with van der Waals surface area (Å²) in [6.45, 7) is 3.12. The van der Waals surface area contributed by atoms with E-state index in [0.29, 0.717) is 19.8 Å². The van der Waals surface area contributed by atoms with Gasteiger partial charge in [-0.05, 0) is 12.8 Å². The van der Waals surface area contributed by atoms with Gasteiger partial charge >= 0.3 is 0 Å².